The third kappa shape index (κ3) is 1.42. The first-order valence-corrected chi connectivity index (χ1v) is 4.40. The van der Waals surface area contributed by atoms with Crippen LogP contribution in [0.15, 0.2) is 4.79 Å². The van der Waals surface area contributed by atoms with Gasteiger partial charge in [-0.2, -0.15) is 0 Å². The number of fused-ring (bicyclic) bond motifs is 1. The fourth-order valence-electron chi connectivity index (χ4n) is 1.67. The molecule has 1 aromatic heterocycles. The van der Waals surface area contributed by atoms with Gasteiger partial charge >= 0.3 is 0 Å². The first-order chi connectivity index (χ1) is 6.31. The Morgan fingerprint density at radius 3 is 2.92 bits per heavy atom. The van der Waals surface area contributed by atoms with Crippen molar-refractivity contribution < 1.29 is 0 Å². The van der Waals surface area contributed by atoms with Gasteiger partial charge in [-0.15, -0.1) is 0 Å². The first kappa shape index (κ1) is 8.25. The molecular formula is C8H12N4O. The maximum Gasteiger partial charge on any atom is 0.255 e. The molecule has 0 amide bonds. The minimum atomic E-state index is -0.0577. The second-order valence-electron chi connectivity index (χ2n) is 3.19. The summed E-state index contributed by atoms with van der Waals surface area (Å²) in [6, 6.07) is 0. The summed E-state index contributed by atoms with van der Waals surface area (Å²) in [6.07, 6.45) is 3.90. The Hall–Kier alpha value is -1.36. The number of nitrogens with one attached hydrogen (secondary N) is 2. The van der Waals surface area contributed by atoms with Crippen LogP contribution in [0.25, 0.3) is 0 Å². The molecule has 70 valence electrons. The molecule has 13 heavy (non-hydrogen) atoms. The number of hydrogen-bond donors (Lipinski definition) is 3. The Kier molecular flexibility index (Phi) is 2.02. The fraction of sp³-hybridized carbons (Fsp3) is 0.500. The van der Waals surface area contributed by atoms with Crippen LogP contribution < -0.4 is 16.8 Å². The minimum absolute atomic E-state index is 0.0577. The molecule has 0 aliphatic heterocycles. The van der Waals surface area contributed by atoms with Crippen molar-refractivity contribution in [3.05, 3.63) is 21.6 Å². The molecule has 0 saturated carbocycles. The lowest BCUT2D eigenvalue weighted by Gasteiger charge is -2.13. The number of nitrogens with two attached hydrogens (primary N) is 1. The van der Waals surface area contributed by atoms with Crippen LogP contribution in [0.1, 0.15) is 24.1 Å². The quantitative estimate of drug-likeness (QED) is 0.417. The van der Waals surface area contributed by atoms with E-state index in [0.29, 0.717) is 5.95 Å². The maximum absolute atomic E-state index is 11.5. The van der Waals surface area contributed by atoms with E-state index in [4.69, 9.17) is 5.84 Å². The van der Waals surface area contributed by atoms with E-state index in [2.05, 4.69) is 15.4 Å². The van der Waals surface area contributed by atoms with Crippen molar-refractivity contribution in [3.8, 4) is 0 Å². The normalized spacial score (nSPS) is 15.2. The summed E-state index contributed by atoms with van der Waals surface area (Å²) >= 11 is 0. The molecule has 0 unspecified atom stereocenters. The highest BCUT2D eigenvalue weighted by Gasteiger charge is 2.14. The number of aromatic nitrogens is 2. The Labute approximate surface area is 75.3 Å². The third-order valence-corrected chi connectivity index (χ3v) is 2.33. The number of nitrogen functional groups attached to an aromatic ring is 1. The van der Waals surface area contributed by atoms with E-state index in [9.17, 15) is 4.79 Å². The van der Waals surface area contributed by atoms with E-state index < -0.39 is 0 Å². The summed E-state index contributed by atoms with van der Waals surface area (Å²) in [6.45, 7) is 0. The summed E-state index contributed by atoms with van der Waals surface area (Å²) in [5.41, 5.74) is 4.01. The molecule has 0 saturated heterocycles. The fourth-order valence-corrected chi connectivity index (χ4v) is 1.67. The molecule has 0 fully saturated rings. The van der Waals surface area contributed by atoms with E-state index >= 15 is 0 Å². The lowest BCUT2D eigenvalue weighted by atomic mass is 9.97. The van der Waals surface area contributed by atoms with Crippen molar-refractivity contribution in [3.63, 3.8) is 0 Å². The Bertz CT molecular complexity index is 371. The Morgan fingerprint density at radius 2 is 2.15 bits per heavy atom. The topological polar surface area (TPSA) is 83.8 Å². The zero-order valence-corrected chi connectivity index (χ0v) is 7.26. The van der Waals surface area contributed by atoms with Gasteiger partial charge < -0.3 is 0 Å². The van der Waals surface area contributed by atoms with Gasteiger partial charge in [0, 0.05) is 5.56 Å². The largest absolute Gasteiger partial charge is 0.294 e. The standard InChI is InChI=1S/C8H12N4O/c9-12-8-10-6-4-2-1-3-5(6)7(13)11-8/h1-4,9H2,(H2,10,11,12,13). The summed E-state index contributed by atoms with van der Waals surface area (Å²) in [7, 11) is 0. The second-order valence-corrected chi connectivity index (χ2v) is 3.19. The van der Waals surface area contributed by atoms with E-state index in [1.165, 1.54) is 0 Å². The number of nitrogens with zero attached hydrogens (tertiary/aromatic N) is 1. The lowest BCUT2D eigenvalue weighted by Crippen LogP contribution is -2.24. The summed E-state index contributed by atoms with van der Waals surface area (Å²) in [5.74, 6) is 5.52. The highest BCUT2D eigenvalue weighted by atomic mass is 16.1. The monoisotopic (exact) mass is 180 g/mol. The van der Waals surface area contributed by atoms with Gasteiger partial charge in [0.2, 0.25) is 5.95 Å². The van der Waals surface area contributed by atoms with Gasteiger partial charge in [0.15, 0.2) is 0 Å². The minimum Gasteiger partial charge on any atom is -0.294 e. The number of H-pyrrole nitrogens is 1. The van der Waals surface area contributed by atoms with Crippen molar-refractivity contribution in [2.45, 2.75) is 25.7 Å². The zero-order chi connectivity index (χ0) is 9.26. The van der Waals surface area contributed by atoms with Crippen LogP contribution in [0.3, 0.4) is 0 Å². The van der Waals surface area contributed by atoms with Crippen molar-refractivity contribution in [2.75, 3.05) is 5.43 Å². The zero-order valence-electron chi connectivity index (χ0n) is 7.26. The average molecular weight is 180 g/mol. The molecule has 0 atom stereocenters. The number of hydrazine groups is 1. The molecular weight excluding hydrogens is 168 g/mol. The van der Waals surface area contributed by atoms with E-state index in [0.717, 1.165) is 36.9 Å². The molecule has 1 aromatic rings. The Balaban J connectivity index is 2.53. The molecule has 0 aromatic carbocycles. The first-order valence-electron chi connectivity index (χ1n) is 4.40. The molecule has 0 spiro atoms. The summed E-state index contributed by atoms with van der Waals surface area (Å²) < 4.78 is 0. The Morgan fingerprint density at radius 1 is 1.38 bits per heavy atom. The SMILES string of the molecule is NNc1nc2c(c(=O)[nH]1)CCCC2. The van der Waals surface area contributed by atoms with Crippen LogP contribution in [0.5, 0.6) is 0 Å². The molecule has 5 nitrogen and oxygen atoms in total. The van der Waals surface area contributed by atoms with E-state index in [-0.39, 0.29) is 5.56 Å². The van der Waals surface area contributed by atoms with Crippen LogP contribution in [0, 0.1) is 0 Å². The predicted octanol–water partition coefficient (Wildman–Crippen LogP) is -0.0657. The van der Waals surface area contributed by atoms with Crippen LogP contribution in [-0.2, 0) is 12.8 Å². The molecule has 4 N–H and O–H groups in total. The molecule has 1 aliphatic rings. The molecule has 0 bridgehead atoms. The highest BCUT2D eigenvalue weighted by molar-refractivity contribution is 5.29. The van der Waals surface area contributed by atoms with Crippen molar-refractivity contribution >= 4 is 5.95 Å². The highest BCUT2D eigenvalue weighted by Crippen LogP contribution is 2.16. The van der Waals surface area contributed by atoms with Gasteiger partial charge in [0.25, 0.3) is 5.56 Å². The molecule has 5 heteroatoms. The third-order valence-electron chi connectivity index (χ3n) is 2.33. The average Bonchev–Trinajstić information content (AvgIpc) is 2.18. The summed E-state index contributed by atoms with van der Waals surface area (Å²) in [5, 5.41) is 0. The number of hydrogen-bond acceptors (Lipinski definition) is 4. The number of aromatic amines is 1. The number of anilines is 1. The van der Waals surface area contributed by atoms with E-state index in [1.54, 1.807) is 0 Å². The van der Waals surface area contributed by atoms with Gasteiger partial charge in [-0.05, 0) is 25.7 Å². The van der Waals surface area contributed by atoms with Gasteiger partial charge in [0.05, 0.1) is 5.69 Å². The molecule has 0 radical (unpaired) electrons. The molecule has 2 rings (SSSR count). The van der Waals surface area contributed by atoms with Crippen molar-refractivity contribution in [1.29, 1.82) is 0 Å². The van der Waals surface area contributed by atoms with Gasteiger partial charge in [-0.3, -0.25) is 15.2 Å². The lowest BCUT2D eigenvalue weighted by molar-refractivity contribution is 0.657. The molecule has 1 heterocycles. The van der Waals surface area contributed by atoms with Crippen LogP contribution in [0.2, 0.25) is 0 Å². The summed E-state index contributed by atoms with van der Waals surface area (Å²) in [4.78, 5) is 18.2. The van der Waals surface area contributed by atoms with E-state index in [1.807, 2.05) is 0 Å². The molecule has 1 aliphatic carbocycles. The van der Waals surface area contributed by atoms with Crippen molar-refractivity contribution in [1.82, 2.24) is 9.97 Å². The van der Waals surface area contributed by atoms with Gasteiger partial charge in [0.1, 0.15) is 0 Å². The van der Waals surface area contributed by atoms with Crippen LogP contribution in [0.4, 0.5) is 5.95 Å². The van der Waals surface area contributed by atoms with Crippen LogP contribution >= 0.6 is 0 Å². The van der Waals surface area contributed by atoms with Crippen molar-refractivity contribution in [2.24, 2.45) is 5.84 Å². The smallest absolute Gasteiger partial charge is 0.255 e. The van der Waals surface area contributed by atoms with Gasteiger partial charge in [-0.1, -0.05) is 0 Å². The maximum atomic E-state index is 11.5. The van der Waals surface area contributed by atoms with Gasteiger partial charge in [-0.25, -0.2) is 10.8 Å². The number of rotatable bonds is 1. The predicted molar refractivity (Wildman–Crippen MR) is 49.3 cm³/mol. The van der Waals surface area contributed by atoms with Crippen LogP contribution in [-0.4, -0.2) is 9.97 Å². The number of aryl methyl sites for hydroxylation is 1. The second kappa shape index (κ2) is 3.18.